The molecule has 0 fully saturated rings. The van der Waals surface area contributed by atoms with Crippen LogP contribution in [0.5, 0.6) is 0 Å². The maximum atomic E-state index is 5.30. The Morgan fingerprint density at radius 3 is 1.35 bits per heavy atom. The summed E-state index contributed by atoms with van der Waals surface area (Å²) in [6, 6.07) is 6.63. The highest BCUT2D eigenvalue weighted by Crippen LogP contribution is 2.12. The van der Waals surface area contributed by atoms with Gasteiger partial charge in [0, 0.05) is 0 Å². The minimum atomic E-state index is -0.232. The number of hydrogen-bond acceptors (Lipinski definition) is 6. The molecule has 122 valence electrons. The standard InChI is InChI=1S/C12H14N8O2.ClH/c13-11(14)19-17-9(7-3-1-5-21-7)10(18-20-12(15)16)8-4-2-6-22-8;/h1-6H,(H4,13,14,19)(H4,15,16,20);1H/b17-9-,18-10+;. The second-order valence-electron chi connectivity index (χ2n) is 3.90. The lowest BCUT2D eigenvalue weighted by molar-refractivity contribution is 0.553. The average molecular weight is 339 g/mol. The van der Waals surface area contributed by atoms with Gasteiger partial charge in [-0.05, 0) is 24.3 Å². The number of guanidine groups is 2. The largest absolute Gasteiger partial charge is 0.463 e. The lowest BCUT2D eigenvalue weighted by Crippen LogP contribution is -2.24. The minimum absolute atomic E-state index is 0. The van der Waals surface area contributed by atoms with Crippen molar-refractivity contribution in [2.45, 2.75) is 0 Å². The highest BCUT2D eigenvalue weighted by atomic mass is 35.5. The molecule has 0 unspecified atom stereocenters. The maximum absolute atomic E-state index is 5.30. The van der Waals surface area contributed by atoms with E-state index in [4.69, 9.17) is 31.8 Å². The average Bonchev–Trinajstić information content (AvgIpc) is 3.14. The van der Waals surface area contributed by atoms with Gasteiger partial charge in [-0.2, -0.15) is 0 Å². The van der Waals surface area contributed by atoms with E-state index in [-0.39, 0.29) is 35.7 Å². The first-order chi connectivity index (χ1) is 10.6. The van der Waals surface area contributed by atoms with Crippen molar-refractivity contribution in [1.29, 1.82) is 0 Å². The fraction of sp³-hybridized carbons (Fsp3) is 0. The fourth-order valence-electron chi connectivity index (χ4n) is 1.47. The van der Waals surface area contributed by atoms with Crippen LogP contribution >= 0.6 is 12.4 Å². The van der Waals surface area contributed by atoms with Crippen LogP contribution < -0.4 is 22.9 Å². The second kappa shape index (κ2) is 8.24. The van der Waals surface area contributed by atoms with Gasteiger partial charge in [0.1, 0.15) is 0 Å². The molecule has 0 spiro atoms. The highest BCUT2D eigenvalue weighted by molar-refractivity contribution is 6.52. The van der Waals surface area contributed by atoms with Crippen molar-refractivity contribution in [1.82, 2.24) is 0 Å². The zero-order valence-electron chi connectivity index (χ0n) is 11.8. The molecule has 0 bridgehead atoms. The summed E-state index contributed by atoms with van der Waals surface area (Å²) in [6.07, 6.45) is 2.92. The van der Waals surface area contributed by atoms with Crippen LogP contribution in [-0.4, -0.2) is 23.3 Å². The molecule has 23 heavy (non-hydrogen) atoms. The molecular weight excluding hydrogens is 324 g/mol. The van der Waals surface area contributed by atoms with E-state index in [0.717, 1.165) is 0 Å². The lowest BCUT2D eigenvalue weighted by atomic mass is 10.1. The number of furan rings is 2. The SMILES string of the molecule is Cl.NC(N)=N/N=C(/C(=N\N=C(N)N)c1ccco1)c1ccco1. The number of halogens is 1. The Morgan fingerprint density at radius 1 is 0.696 bits per heavy atom. The van der Waals surface area contributed by atoms with Crippen LogP contribution in [0.2, 0.25) is 0 Å². The van der Waals surface area contributed by atoms with Crippen LogP contribution in [0.15, 0.2) is 66.0 Å². The molecule has 0 atom stereocenters. The molecule has 0 amide bonds. The normalized spacial score (nSPS) is 11.5. The van der Waals surface area contributed by atoms with Crippen LogP contribution in [0.3, 0.4) is 0 Å². The van der Waals surface area contributed by atoms with E-state index in [1.165, 1.54) is 12.5 Å². The third-order valence-electron chi connectivity index (χ3n) is 2.26. The molecule has 2 rings (SSSR count). The number of nitrogens with two attached hydrogens (primary N) is 4. The summed E-state index contributed by atoms with van der Waals surface area (Å²) in [4.78, 5) is 0. The summed E-state index contributed by atoms with van der Waals surface area (Å²) in [5.74, 6) is 0.242. The van der Waals surface area contributed by atoms with Gasteiger partial charge in [-0.1, -0.05) is 0 Å². The van der Waals surface area contributed by atoms with Gasteiger partial charge in [-0.25, -0.2) is 0 Å². The van der Waals surface area contributed by atoms with Crippen molar-refractivity contribution in [3.8, 4) is 0 Å². The monoisotopic (exact) mass is 338 g/mol. The quantitative estimate of drug-likeness (QED) is 0.337. The molecule has 0 radical (unpaired) electrons. The Morgan fingerprint density at radius 2 is 1.09 bits per heavy atom. The molecule has 0 saturated carbocycles. The Hall–Kier alpha value is -3.27. The van der Waals surface area contributed by atoms with E-state index in [1.54, 1.807) is 24.3 Å². The molecular formula is C12H15ClN8O2. The van der Waals surface area contributed by atoms with E-state index >= 15 is 0 Å². The second-order valence-corrected chi connectivity index (χ2v) is 3.90. The van der Waals surface area contributed by atoms with Crippen molar-refractivity contribution in [2.75, 3.05) is 0 Å². The van der Waals surface area contributed by atoms with Gasteiger partial charge in [0.2, 0.25) is 11.9 Å². The molecule has 0 aromatic carbocycles. The Bertz CT molecular complexity index is 659. The predicted octanol–water partition coefficient (Wildman–Crippen LogP) is -0.0504. The van der Waals surface area contributed by atoms with Crippen molar-refractivity contribution in [3.63, 3.8) is 0 Å². The van der Waals surface area contributed by atoms with Gasteiger partial charge < -0.3 is 31.8 Å². The summed E-state index contributed by atoms with van der Waals surface area (Å²) in [5.41, 5.74) is 21.6. The van der Waals surface area contributed by atoms with E-state index in [9.17, 15) is 0 Å². The van der Waals surface area contributed by atoms with Crippen molar-refractivity contribution >= 4 is 35.7 Å². The van der Waals surface area contributed by atoms with Crippen molar-refractivity contribution in [3.05, 3.63) is 48.3 Å². The number of rotatable bonds is 5. The number of hydrogen-bond donors (Lipinski definition) is 4. The first-order valence-electron chi connectivity index (χ1n) is 5.99. The smallest absolute Gasteiger partial charge is 0.211 e. The van der Waals surface area contributed by atoms with E-state index < -0.39 is 0 Å². The minimum Gasteiger partial charge on any atom is -0.463 e. The van der Waals surface area contributed by atoms with Crippen molar-refractivity contribution < 1.29 is 8.83 Å². The molecule has 0 aliphatic rings. The summed E-state index contributed by atoms with van der Waals surface area (Å²) in [6.45, 7) is 0. The molecule has 2 aromatic heterocycles. The Kier molecular flexibility index (Phi) is 6.37. The Balaban J connectivity index is 0.00000264. The molecule has 2 aromatic rings. The first-order valence-corrected chi connectivity index (χ1v) is 5.99. The van der Waals surface area contributed by atoms with Gasteiger partial charge >= 0.3 is 0 Å². The summed E-state index contributed by atoms with van der Waals surface area (Å²) < 4.78 is 10.6. The summed E-state index contributed by atoms with van der Waals surface area (Å²) in [7, 11) is 0. The number of nitrogens with zero attached hydrogens (tertiary/aromatic N) is 4. The summed E-state index contributed by atoms with van der Waals surface area (Å²) in [5, 5.41) is 15.0. The molecule has 0 saturated heterocycles. The lowest BCUT2D eigenvalue weighted by Gasteiger charge is -2.03. The van der Waals surface area contributed by atoms with Crippen LogP contribution in [0, 0.1) is 0 Å². The topological polar surface area (TPSA) is 180 Å². The van der Waals surface area contributed by atoms with Crippen LogP contribution in [0.25, 0.3) is 0 Å². The van der Waals surface area contributed by atoms with Crippen molar-refractivity contribution in [2.24, 2.45) is 43.3 Å². The zero-order valence-corrected chi connectivity index (χ0v) is 12.6. The van der Waals surface area contributed by atoms with Gasteiger partial charge in [0.15, 0.2) is 22.9 Å². The molecule has 0 aliphatic heterocycles. The van der Waals surface area contributed by atoms with E-state index in [1.807, 2.05) is 0 Å². The molecule has 11 heteroatoms. The van der Waals surface area contributed by atoms with Gasteiger partial charge in [-0.3, -0.25) is 0 Å². The predicted molar refractivity (Wildman–Crippen MR) is 89.4 cm³/mol. The summed E-state index contributed by atoms with van der Waals surface area (Å²) >= 11 is 0. The first kappa shape index (κ1) is 17.8. The third-order valence-corrected chi connectivity index (χ3v) is 2.26. The Labute approximate surface area is 137 Å². The molecule has 0 aliphatic carbocycles. The molecule has 8 N–H and O–H groups in total. The van der Waals surface area contributed by atoms with Gasteiger partial charge in [-0.15, -0.1) is 32.8 Å². The third kappa shape index (κ3) is 4.89. The van der Waals surface area contributed by atoms with E-state index in [0.29, 0.717) is 11.5 Å². The van der Waals surface area contributed by atoms with Gasteiger partial charge in [0.25, 0.3) is 0 Å². The molecule has 10 nitrogen and oxygen atoms in total. The fourth-order valence-corrected chi connectivity index (χ4v) is 1.47. The highest BCUT2D eigenvalue weighted by Gasteiger charge is 2.20. The van der Waals surface area contributed by atoms with Gasteiger partial charge in [0.05, 0.1) is 12.5 Å². The molecule has 2 heterocycles. The van der Waals surface area contributed by atoms with Crippen LogP contribution in [0.4, 0.5) is 0 Å². The maximum Gasteiger partial charge on any atom is 0.211 e. The van der Waals surface area contributed by atoms with Crippen LogP contribution in [0.1, 0.15) is 11.5 Å². The van der Waals surface area contributed by atoms with Crippen LogP contribution in [-0.2, 0) is 0 Å². The zero-order chi connectivity index (χ0) is 15.9. The van der Waals surface area contributed by atoms with E-state index in [2.05, 4.69) is 20.4 Å².